The summed E-state index contributed by atoms with van der Waals surface area (Å²) < 4.78 is 11.1. The average molecular weight is 331 g/mol. The number of hydrogen-bond acceptors (Lipinski definition) is 5. The lowest BCUT2D eigenvalue weighted by Gasteiger charge is -1.94. The SMILES string of the molecule is Cc1ccc(-c2noc(/C(C#N)=C/c3ccc([C@H]4C[C@@H]4C)o3)n2)cc1. The minimum absolute atomic E-state index is 0.191. The zero-order valence-corrected chi connectivity index (χ0v) is 14.1. The van der Waals surface area contributed by atoms with Crippen molar-refractivity contribution in [2.75, 3.05) is 0 Å². The number of aromatic nitrogens is 2. The van der Waals surface area contributed by atoms with Crippen LogP contribution in [-0.4, -0.2) is 10.1 Å². The molecule has 5 nitrogen and oxygen atoms in total. The summed E-state index contributed by atoms with van der Waals surface area (Å²) >= 11 is 0. The minimum atomic E-state index is 0.191. The van der Waals surface area contributed by atoms with Crippen molar-refractivity contribution in [2.24, 2.45) is 5.92 Å². The first kappa shape index (κ1) is 15.4. The second kappa shape index (κ2) is 6.06. The lowest BCUT2D eigenvalue weighted by atomic mass is 10.1. The molecule has 25 heavy (non-hydrogen) atoms. The van der Waals surface area contributed by atoms with Gasteiger partial charge in [0, 0.05) is 17.6 Å². The maximum Gasteiger partial charge on any atom is 0.269 e. The van der Waals surface area contributed by atoms with E-state index in [2.05, 4.69) is 23.1 Å². The van der Waals surface area contributed by atoms with E-state index >= 15 is 0 Å². The fourth-order valence-electron chi connectivity index (χ4n) is 2.80. The van der Waals surface area contributed by atoms with Crippen molar-refractivity contribution in [1.29, 1.82) is 5.26 Å². The van der Waals surface area contributed by atoms with E-state index < -0.39 is 0 Å². The Kier molecular flexibility index (Phi) is 3.73. The van der Waals surface area contributed by atoms with Crippen LogP contribution in [-0.2, 0) is 0 Å². The second-order valence-electron chi connectivity index (χ2n) is 6.52. The fourth-order valence-corrected chi connectivity index (χ4v) is 2.80. The molecule has 3 aromatic rings. The number of furan rings is 1. The van der Waals surface area contributed by atoms with Gasteiger partial charge in [-0.3, -0.25) is 0 Å². The Balaban J connectivity index is 1.60. The lowest BCUT2D eigenvalue weighted by Crippen LogP contribution is -1.84. The zero-order valence-electron chi connectivity index (χ0n) is 14.1. The summed E-state index contributed by atoms with van der Waals surface area (Å²) in [7, 11) is 0. The van der Waals surface area contributed by atoms with Gasteiger partial charge in [0.2, 0.25) is 5.82 Å². The Morgan fingerprint density at radius 2 is 2.00 bits per heavy atom. The van der Waals surface area contributed by atoms with Gasteiger partial charge in [0.25, 0.3) is 5.89 Å². The third-order valence-corrected chi connectivity index (χ3v) is 4.50. The summed E-state index contributed by atoms with van der Waals surface area (Å²) in [5.41, 5.74) is 2.29. The van der Waals surface area contributed by atoms with E-state index in [4.69, 9.17) is 8.94 Å². The van der Waals surface area contributed by atoms with Crippen molar-refractivity contribution >= 4 is 11.6 Å². The summed E-state index contributed by atoms with van der Waals surface area (Å²) in [6.07, 6.45) is 2.80. The first-order chi connectivity index (χ1) is 12.1. The molecule has 0 N–H and O–H groups in total. The number of aryl methyl sites for hydroxylation is 1. The van der Waals surface area contributed by atoms with Crippen LogP contribution in [0.4, 0.5) is 0 Å². The molecular weight excluding hydrogens is 314 g/mol. The molecule has 1 aliphatic rings. The molecule has 2 heterocycles. The van der Waals surface area contributed by atoms with Crippen molar-refractivity contribution in [3.63, 3.8) is 0 Å². The van der Waals surface area contributed by atoms with Crippen molar-refractivity contribution < 1.29 is 8.94 Å². The number of nitrogens with zero attached hydrogens (tertiary/aromatic N) is 3. The van der Waals surface area contributed by atoms with E-state index in [1.54, 1.807) is 6.08 Å². The number of allylic oxidation sites excluding steroid dienone is 1. The number of hydrogen-bond donors (Lipinski definition) is 0. The van der Waals surface area contributed by atoms with Crippen LogP contribution < -0.4 is 0 Å². The summed E-state index contributed by atoms with van der Waals surface area (Å²) in [4.78, 5) is 4.33. The van der Waals surface area contributed by atoms with Gasteiger partial charge in [-0.05, 0) is 31.4 Å². The number of nitriles is 1. The number of rotatable bonds is 4. The highest BCUT2D eigenvalue weighted by Crippen LogP contribution is 2.47. The van der Waals surface area contributed by atoms with Crippen molar-refractivity contribution in [3.05, 3.63) is 59.4 Å². The first-order valence-corrected chi connectivity index (χ1v) is 8.26. The molecule has 0 amide bonds. The van der Waals surface area contributed by atoms with Crippen LogP contribution in [0.2, 0.25) is 0 Å². The van der Waals surface area contributed by atoms with Gasteiger partial charge >= 0.3 is 0 Å². The lowest BCUT2D eigenvalue weighted by molar-refractivity contribution is 0.409. The summed E-state index contributed by atoms with van der Waals surface area (Å²) in [6.45, 7) is 4.22. The Morgan fingerprint density at radius 3 is 2.68 bits per heavy atom. The van der Waals surface area contributed by atoms with Gasteiger partial charge in [0.1, 0.15) is 23.2 Å². The van der Waals surface area contributed by atoms with E-state index in [9.17, 15) is 5.26 Å². The minimum Gasteiger partial charge on any atom is -0.461 e. The Hall–Kier alpha value is -3.13. The first-order valence-electron chi connectivity index (χ1n) is 8.26. The summed E-state index contributed by atoms with van der Waals surface area (Å²) in [6, 6.07) is 13.8. The van der Waals surface area contributed by atoms with Gasteiger partial charge < -0.3 is 8.94 Å². The van der Waals surface area contributed by atoms with E-state index in [0.29, 0.717) is 23.4 Å². The molecule has 1 aliphatic carbocycles. The van der Waals surface area contributed by atoms with E-state index in [1.165, 1.54) is 0 Å². The Bertz CT molecular complexity index is 973. The quantitative estimate of drug-likeness (QED) is 0.640. The smallest absolute Gasteiger partial charge is 0.269 e. The van der Waals surface area contributed by atoms with Gasteiger partial charge in [0.05, 0.1) is 0 Å². The highest BCUT2D eigenvalue weighted by Gasteiger charge is 2.36. The van der Waals surface area contributed by atoms with E-state index in [1.807, 2.05) is 43.3 Å². The third kappa shape index (κ3) is 3.11. The van der Waals surface area contributed by atoms with Gasteiger partial charge in [-0.15, -0.1) is 0 Å². The van der Waals surface area contributed by atoms with Gasteiger partial charge in [-0.25, -0.2) is 0 Å². The highest BCUT2D eigenvalue weighted by molar-refractivity contribution is 5.85. The Morgan fingerprint density at radius 1 is 1.24 bits per heavy atom. The molecule has 1 aromatic carbocycles. The van der Waals surface area contributed by atoms with Crippen LogP contribution in [0.3, 0.4) is 0 Å². The van der Waals surface area contributed by atoms with Gasteiger partial charge in [-0.2, -0.15) is 10.2 Å². The molecule has 2 aromatic heterocycles. The van der Waals surface area contributed by atoms with E-state index in [0.717, 1.165) is 23.3 Å². The molecule has 0 bridgehead atoms. The number of benzene rings is 1. The van der Waals surface area contributed by atoms with Crippen LogP contribution in [0.15, 0.2) is 45.3 Å². The summed E-state index contributed by atoms with van der Waals surface area (Å²) in [5, 5.41) is 13.4. The van der Waals surface area contributed by atoms with Crippen LogP contribution in [0.1, 0.15) is 42.2 Å². The average Bonchev–Trinajstić information content (AvgIpc) is 3.04. The summed E-state index contributed by atoms with van der Waals surface area (Å²) in [5.74, 6) is 3.43. The van der Waals surface area contributed by atoms with Crippen molar-refractivity contribution in [1.82, 2.24) is 10.1 Å². The molecular formula is C20H17N3O2. The zero-order chi connectivity index (χ0) is 17.4. The van der Waals surface area contributed by atoms with Gasteiger partial charge in [0.15, 0.2) is 0 Å². The highest BCUT2D eigenvalue weighted by atomic mass is 16.5. The molecule has 4 rings (SSSR count). The van der Waals surface area contributed by atoms with Crippen LogP contribution in [0, 0.1) is 24.2 Å². The predicted molar refractivity (Wildman–Crippen MR) is 93.2 cm³/mol. The van der Waals surface area contributed by atoms with Crippen LogP contribution in [0.25, 0.3) is 23.0 Å². The van der Waals surface area contributed by atoms with Crippen molar-refractivity contribution in [3.8, 4) is 17.5 Å². The molecule has 0 saturated heterocycles. The molecule has 1 fully saturated rings. The van der Waals surface area contributed by atoms with Crippen LogP contribution in [0.5, 0.6) is 0 Å². The molecule has 0 unspecified atom stereocenters. The maximum atomic E-state index is 9.44. The molecule has 0 radical (unpaired) electrons. The molecule has 1 saturated carbocycles. The molecule has 2 atom stereocenters. The third-order valence-electron chi connectivity index (χ3n) is 4.50. The second-order valence-corrected chi connectivity index (χ2v) is 6.52. The maximum absolute atomic E-state index is 9.44. The van der Waals surface area contributed by atoms with E-state index in [-0.39, 0.29) is 11.5 Å². The Labute approximate surface area is 145 Å². The topological polar surface area (TPSA) is 75.8 Å². The standard InChI is InChI=1S/C20H17N3O2/c1-12-3-5-14(6-4-12)19-22-20(25-23-19)15(11-21)10-16-7-8-18(24-16)17-9-13(17)2/h3-8,10,13,17H,9H2,1-2H3/b15-10+/t13-,17-/m0/s1. The molecule has 0 spiro atoms. The fraction of sp³-hybridized carbons (Fsp3) is 0.250. The predicted octanol–water partition coefficient (Wildman–Crippen LogP) is 4.83. The normalized spacial score (nSPS) is 19.6. The molecule has 0 aliphatic heterocycles. The van der Waals surface area contributed by atoms with Crippen LogP contribution >= 0.6 is 0 Å². The monoisotopic (exact) mass is 331 g/mol. The molecule has 124 valence electrons. The van der Waals surface area contributed by atoms with Crippen molar-refractivity contribution in [2.45, 2.75) is 26.2 Å². The van der Waals surface area contributed by atoms with Gasteiger partial charge in [-0.1, -0.05) is 41.9 Å². The largest absolute Gasteiger partial charge is 0.461 e. The molecule has 5 heteroatoms.